The molecule has 0 radical (unpaired) electrons. The van der Waals surface area contributed by atoms with E-state index in [2.05, 4.69) is 0 Å². The predicted molar refractivity (Wildman–Crippen MR) is 58.7 cm³/mol. The van der Waals surface area contributed by atoms with Gasteiger partial charge in [-0.2, -0.15) is 0 Å². The van der Waals surface area contributed by atoms with E-state index in [1.54, 1.807) is 0 Å². The molecule has 2 rings (SSSR count). The lowest BCUT2D eigenvalue weighted by molar-refractivity contribution is 0.0697. The highest BCUT2D eigenvalue weighted by Crippen LogP contribution is 2.26. The van der Waals surface area contributed by atoms with Crippen LogP contribution in [0.2, 0.25) is 0 Å². The summed E-state index contributed by atoms with van der Waals surface area (Å²) in [5.41, 5.74) is -0.313. The summed E-state index contributed by atoms with van der Waals surface area (Å²) < 4.78 is 39.2. The highest BCUT2D eigenvalue weighted by Gasteiger charge is 2.14. The molecular weight excluding hydrogens is 245 g/mol. The molecule has 0 bridgehead atoms. The van der Waals surface area contributed by atoms with Crippen LogP contribution in [0.5, 0.6) is 0 Å². The summed E-state index contributed by atoms with van der Waals surface area (Å²) in [5.74, 6) is -3.69. The molecule has 0 aliphatic heterocycles. The number of carbonyl (C=O) groups is 1. The van der Waals surface area contributed by atoms with Crippen molar-refractivity contribution in [2.45, 2.75) is 0 Å². The summed E-state index contributed by atoms with van der Waals surface area (Å²) in [7, 11) is 0. The van der Waals surface area contributed by atoms with Crippen LogP contribution < -0.4 is 0 Å². The van der Waals surface area contributed by atoms with Crippen molar-refractivity contribution in [3.63, 3.8) is 0 Å². The Morgan fingerprint density at radius 1 is 0.889 bits per heavy atom. The van der Waals surface area contributed by atoms with Gasteiger partial charge in [-0.15, -0.1) is 0 Å². The van der Waals surface area contributed by atoms with Crippen molar-refractivity contribution in [3.8, 4) is 11.1 Å². The number of benzene rings is 2. The Kier molecular flexibility index (Phi) is 3.06. The Bertz CT molecular complexity index is 603. The standard InChI is InChI=1S/C13H7F3O2/c14-8-1-2-11(13(17)18)12(6-8)7-3-9(15)5-10(16)4-7/h1-6H,(H,17,18). The Morgan fingerprint density at radius 2 is 1.50 bits per heavy atom. The molecule has 2 aromatic carbocycles. The molecule has 0 aromatic heterocycles. The molecule has 5 heteroatoms. The van der Waals surface area contributed by atoms with Crippen molar-refractivity contribution < 1.29 is 23.1 Å². The maximum absolute atomic E-state index is 13.1. The average Bonchev–Trinajstić information content (AvgIpc) is 2.27. The highest BCUT2D eigenvalue weighted by molar-refractivity contribution is 5.96. The van der Waals surface area contributed by atoms with E-state index in [-0.39, 0.29) is 16.7 Å². The highest BCUT2D eigenvalue weighted by atomic mass is 19.1. The first-order valence-electron chi connectivity index (χ1n) is 4.96. The lowest BCUT2D eigenvalue weighted by atomic mass is 9.99. The zero-order valence-electron chi connectivity index (χ0n) is 8.95. The Labute approximate surface area is 100 Å². The van der Waals surface area contributed by atoms with E-state index >= 15 is 0 Å². The maximum Gasteiger partial charge on any atom is 0.336 e. The SMILES string of the molecule is O=C(O)c1ccc(F)cc1-c1cc(F)cc(F)c1. The molecule has 2 aromatic rings. The van der Waals surface area contributed by atoms with Crippen LogP contribution in [0.3, 0.4) is 0 Å². The van der Waals surface area contributed by atoms with E-state index in [4.69, 9.17) is 5.11 Å². The van der Waals surface area contributed by atoms with Crippen molar-refractivity contribution in [1.29, 1.82) is 0 Å². The molecule has 92 valence electrons. The molecule has 0 aliphatic rings. The van der Waals surface area contributed by atoms with Crippen LogP contribution in [0.25, 0.3) is 11.1 Å². The number of hydrogen-bond donors (Lipinski definition) is 1. The van der Waals surface area contributed by atoms with Gasteiger partial charge in [0.2, 0.25) is 0 Å². The van der Waals surface area contributed by atoms with Gasteiger partial charge in [0.25, 0.3) is 0 Å². The zero-order valence-corrected chi connectivity index (χ0v) is 8.95. The van der Waals surface area contributed by atoms with Gasteiger partial charge >= 0.3 is 5.97 Å². The molecule has 18 heavy (non-hydrogen) atoms. The second-order valence-electron chi connectivity index (χ2n) is 3.65. The van der Waals surface area contributed by atoms with Gasteiger partial charge in [0, 0.05) is 6.07 Å². The molecule has 0 atom stereocenters. The third-order valence-electron chi connectivity index (χ3n) is 2.39. The minimum atomic E-state index is -1.30. The summed E-state index contributed by atoms with van der Waals surface area (Å²) in [5, 5.41) is 8.95. The van der Waals surface area contributed by atoms with Crippen LogP contribution in [0.4, 0.5) is 13.2 Å². The van der Waals surface area contributed by atoms with Crippen LogP contribution in [-0.2, 0) is 0 Å². The summed E-state index contributed by atoms with van der Waals surface area (Å²) in [6.45, 7) is 0. The average molecular weight is 252 g/mol. The van der Waals surface area contributed by atoms with E-state index in [9.17, 15) is 18.0 Å². The van der Waals surface area contributed by atoms with Crippen molar-refractivity contribution in [1.82, 2.24) is 0 Å². The minimum absolute atomic E-state index is 0.0237. The molecular formula is C13H7F3O2. The monoisotopic (exact) mass is 252 g/mol. The van der Waals surface area contributed by atoms with Gasteiger partial charge in [-0.1, -0.05) is 0 Å². The second-order valence-corrected chi connectivity index (χ2v) is 3.65. The van der Waals surface area contributed by atoms with Crippen LogP contribution in [0, 0.1) is 17.5 Å². The molecule has 0 saturated carbocycles. The molecule has 2 nitrogen and oxygen atoms in total. The number of carboxylic acid groups (broad SMARTS) is 1. The Balaban J connectivity index is 2.68. The van der Waals surface area contributed by atoms with E-state index in [0.717, 1.165) is 30.3 Å². The van der Waals surface area contributed by atoms with Crippen molar-refractivity contribution in [3.05, 3.63) is 59.4 Å². The first-order valence-corrected chi connectivity index (χ1v) is 4.96. The number of rotatable bonds is 2. The van der Waals surface area contributed by atoms with Crippen molar-refractivity contribution in [2.24, 2.45) is 0 Å². The predicted octanol–water partition coefficient (Wildman–Crippen LogP) is 3.47. The van der Waals surface area contributed by atoms with Gasteiger partial charge < -0.3 is 5.11 Å². The van der Waals surface area contributed by atoms with Gasteiger partial charge in [0.05, 0.1) is 5.56 Å². The number of carboxylic acids is 1. The number of hydrogen-bond acceptors (Lipinski definition) is 1. The summed E-state index contributed by atoms with van der Waals surface area (Å²) in [6.07, 6.45) is 0. The molecule has 1 N–H and O–H groups in total. The molecule has 0 heterocycles. The summed E-state index contributed by atoms with van der Waals surface area (Å²) in [6, 6.07) is 5.51. The molecule has 0 spiro atoms. The van der Waals surface area contributed by atoms with Crippen LogP contribution >= 0.6 is 0 Å². The van der Waals surface area contributed by atoms with Gasteiger partial charge in [-0.25, -0.2) is 18.0 Å². The van der Waals surface area contributed by atoms with Gasteiger partial charge in [-0.3, -0.25) is 0 Å². The van der Waals surface area contributed by atoms with E-state index < -0.39 is 23.4 Å². The van der Waals surface area contributed by atoms with E-state index in [1.807, 2.05) is 0 Å². The molecule has 0 aliphatic carbocycles. The summed E-state index contributed by atoms with van der Waals surface area (Å²) in [4.78, 5) is 11.0. The summed E-state index contributed by atoms with van der Waals surface area (Å²) >= 11 is 0. The van der Waals surface area contributed by atoms with Crippen LogP contribution in [0.1, 0.15) is 10.4 Å². The van der Waals surface area contributed by atoms with E-state index in [1.165, 1.54) is 0 Å². The van der Waals surface area contributed by atoms with Gasteiger partial charge in [0.1, 0.15) is 17.5 Å². The lowest BCUT2D eigenvalue weighted by Gasteiger charge is -2.07. The fraction of sp³-hybridized carbons (Fsp3) is 0. The third kappa shape index (κ3) is 2.34. The smallest absolute Gasteiger partial charge is 0.336 e. The lowest BCUT2D eigenvalue weighted by Crippen LogP contribution is -2.00. The van der Waals surface area contributed by atoms with Crippen molar-refractivity contribution in [2.75, 3.05) is 0 Å². The first kappa shape index (κ1) is 12.2. The number of aromatic carboxylic acids is 1. The zero-order chi connectivity index (χ0) is 13.3. The molecule has 0 amide bonds. The fourth-order valence-electron chi connectivity index (χ4n) is 1.65. The fourth-order valence-corrected chi connectivity index (χ4v) is 1.65. The van der Waals surface area contributed by atoms with Crippen LogP contribution in [-0.4, -0.2) is 11.1 Å². The first-order chi connectivity index (χ1) is 8.47. The molecule has 0 fully saturated rings. The topological polar surface area (TPSA) is 37.3 Å². The second kappa shape index (κ2) is 4.52. The molecule has 0 saturated heterocycles. The normalized spacial score (nSPS) is 10.4. The Morgan fingerprint density at radius 3 is 2.06 bits per heavy atom. The van der Waals surface area contributed by atoms with E-state index in [0.29, 0.717) is 6.07 Å². The minimum Gasteiger partial charge on any atom is -0.478 e. The maximum atomic E-state index is 13.1. The van der Waals surface area contributed by atoms with Gasteiger partial charge in [0.15, 0.2) is 0 Å². The molecule has 0 unspecified atom stereocenters. The van der Waals surface area contributed by atoms with Gasteiger partial charge in [-0.05, 0) is 41.5 Å². The third-order valence-corrected chi connectivity index (χ3v) is 2.39. The Hall–Kier alpha value is -2.30. The quantitative estimate of drug-likeness (QED) is 0.888. The van der Waals surface area contributed by atoms with Crippen LogP contribution in [0.15, 0.2) is 36.4 Å². The number of halogens is 3. The largest absolute Gasteiger partial charge is 0.478 e. The van der Waals surface area contributed by atoms with Crippen molar-refractivity contribution >= 4 is 5.97 Å².